The van der Waals surface area contributed by atoms with Crippen molar-refractivity contribution in [3.63, 3.8) is 0 Å². The van der Waals surface area contributed by atoms with Crippen molar-refractivity contribution in [3.8, 4) is 11.5 Å². The zero-order chi connectivity index (χ0) is 18.6. The summed E-state index contributed by atoms with van der Waals surface area (Å²) >= 11 is 10.9. The number of nitrogens with zero attached hydrogens (tertiary/aromatic N) is 1. The van der Waals surface area contributed by atoms with Crippen molar-refractivity contribution < 1.29 is 19.6 Å². The van der Waals surface area contributed by atoms with Gasteiger partial charge in [-0.1, -0.05) is 11.6 Å². The molecule has 0 radical (unpaired) electrons. The number of methoxy groups -OCH3 is 1. The number of nitrogens with one attached hydrogen (secondary N) is 2. The number of rotatable bonds is 4. The number of hydrogen-bond acceptors (Lipinski definition) is 6. The Morgan fingerprint density at radius 2 is 2.04 bits per heavy atom. The molecule has 8 nitrogen and oxygen atoms in total. The minimum absolute atomic E-state index is 0.0161. The van der Waals surface area contributed by atoms with Gasteiger partial charge in [-0.3, -0.25) is 20.2 Å². The quantitative estimate of drug-likeness (QED) is 0.322. The van der Waals surface area contributed by atoms with E-state index < -0.39 is 10.8 Å². The number of non-ortho nitro benzene ring substituents is 1. The van der Waals surface area contributed by atoms with E-state index in [0.29, 0.717) is 10.8 Å². The van der Waals surface area contributed by atoms with E-state index in [2.05, 4.69) is 10.6 Å². The first kappa shape index (κ1) is 18.4. The van der Waals surface area contributed by atoms with Crippen LogP contribution in [0.15, 0.2) is 36.4 Å². The number of carbonyl (C=O) groups is 1. The number of ether oxygens (including phenoxy) is 1. The summed E-state index contributed by atoms with van der Waals surface area (Å²) in [6.45, 7) is 0. The molecule has 0 atom stereocenters. The van der Waals surface area contributed by atoms with Crippen LogP contribution in [0.25, 0.3) is 0 Å². The van der Waals surface area contributed by atoms with Gasteiger partial charge < -0.3 is 15.2 Å². The van der Waals surface area contributed by atoms with Gasteiger partial charge in [0.15, 0.2) is 5.11 Å². The Bertz CT molecular complexity index is 859. The number of amides is 1. The first-order chi connectivity index (χ1) is 11.8. The third kappa shape index (κ3) is 4.55. The van der Waals surface area contributed by atoms with E-state index in [0.717, 1.165) is 18.2 Å². The fraction of sp³-hybridized carbons (Fsp3) is 0.0667. The predicted octanol–water partition coefficient (Wildman–Crippen LogP) is 3.09. The molecule has 0 fully saturated rings. The van der Waals surface area contributed by atoms with Gasteiger partial charge >= 0.3 is 0 Å². The monoisotopic (exact) mass is 381 g/mol. The van der Waals surface area contributed by atoms with Crippen molar-refractivity contribution in [2.75, 3.05) is 12.4 Å². The number of phenolic OH excluding ortho intramolecular Hbond substituents is 1. The summed E-state index contributed by atoms with van der Waals surface area (Å²) in [5.41, 5.74) is -0.106. The summed E-state index contributed by atoms with van der Waals surface area (Å²) in [6.07, 6.45) is 0. The highest BCUT2D eigenvalue weighted by Crippen LogP contribution is 2.28. The van der Waals surface area contributed by atoms with Crippen molar-refractivity contribution in [1.82, 2.24) is 5.32 Å². The summed E-state index contributed by atoms with van der Waals surface area (Å²) in [6, 6.07) is 7.87. The predicted molar refractivity (Wildman–Crippen MR) is 96.5 cm³/mol. The molecule has 25 heavy (non-hydrogen) atoms. The van der Waals surface area contributed by atoms with Crippen molar-refractivity contribution in [2.45, 2.75) is 0 Å². The van der Waals surface area contributed by atoms with Crippen LogP contribution >= 0.6 is 23.8 Å². The molecule has 0 aromatic heterocycles. The maximum Gasteiger partial charge on any atom is 0.271 e. The van der Waals surface area contributed by atoms with E-state index in [1.54, 1.807) is 6.07 Å². The molecule has 0 aliphatic rings. The van der Waals surface area contributed by atoms with Crippen LogP contribution in [-0.4, -0.2) is 28.2 Å². The zero-order valence-electron chi connectivity index (χ0n) is 12.8. The van der Waals surface area contributed by atoms with Crippen LogP contribution in [0.3, 0.4) is 0 Å². The molecule has 0 heterocycles. The molecule has 0 aliphatic carbocycles. The molecule has 2 aromatic carbocycles. The van der Waals surface area contributed by atoms with E-state index in [-0.39, 0.29) is 27.8 Å². The molecule has 0 saturated carbocycles. The smallest absolute Gasteiger partial charge is 0.271 e. The summed E-state index contributed by atoms with van der Waals surface area (Å²) < 4.78 is 5.08. The van der Waals surface area contributed by atoms with Crippen LogP contribution in [0.4, 0.5) is 11.4 Å². The molecule has 10 heteroatoms. The fourth-order valence-corrected chi connectivity index (χ4v) is 2.29. The fourth-order valence-electron chi connectivity index (χ4n) is 1.92. The number of benzene rings is 2. The van der Waals surface area contributed by atoms with E-state index >= 15 is 0 Å². The lowest BCUT2D eigenvalue weighted by molar-refractivity contribution is -0.384. The van der Waals surface area contributed by atoms with Crippen molar-refractivity contribution in [2.24, 2.45) is 0 Å². The molecule has 0 bridgehead atoms. The van der Waals surface area contributed by atoms with Gasteiger partial charge in [-0.05, 0) is 36.5 Å². The topological polar surface area (TPSA) is 114 Å². The average molecular weight is 382 g/mol. The van der Waals surface area contributed by atoms with Gasteiger partial charge in [-0.2, -0.15) is 0 Å². The third-order valence-electron chi connectivity index (χ3n) is 3.07. The molecular weight excluding hydrogens is 370 g/mol. The number of phenols is 1. The number of hydrogen-bond donors (Lipinski definition) is 3. The highest BCUT2D eigenvalue weighted by molar-refractivity contribution is 7.80. The second kappa shape index (κ2) is 7.77. The molecular formula is C15H12ClN3O5S. The largest absolute Gasteiger partial charge is 0.506 e. The van der Waals surface area contributed by atoms with Gasteiger partial charge in [-0.15, -0.1) is 0 Å². The van der Waals surface area contributed by atoms with Gasteiger partial charge in [0.1, 0.15) is 11.5 Å². The lowest BCUT2D eigenvalue weighted by Gasteiger charge is -2.12. The minimum atomic E-state index is -0.622. The Morgan fingerprint density at radius 1 is 1.32 bits per heavy atom. The van der Waals surface area contributed by atoms with Gasteiger partial charge in [0.25, 0.3) is 11.6 Å². The van der Waals surface area contributed by atoms with Gasteiger partial charge in [0.2, 0.25) is 0 Å². The summed E-state index contributed by atoms with van der Waals surface area (Å²) in [5, 5.41) is 25.6. The molecule has 1 amide bonds. The normalized spacial score (nSPS) is 10.0. The van der Waals surface area contributed by atoms with Crippen molar-refractivity contribution >= 4 is 46.2 Å². The van der Waals surface area contributed by atoms with Crippen LogP contribution < -0.4 is 15.4 Å². The molecule has 2 rings (SSSR count). The number of carbonyl (C=O) groups excluding carboxylic acids is 1. The Balaban J connectivity index is 2.15. The van der Waals surface area contributed by atoms with Crippen molar-refractivity contribution in [1.29, 1.82) is 0 Å². The van der Waals surface area contributed by atoms with Gasteiger partial charge in [-0.25, -0.2) is 0 Å². The molecule has 3 N–H and O–H groups in total. The number of nitro groups is 1. The maximum atomic E-state index is 12.3. The maximum absolute atomic E-state index is 12.3. The number of anilines is 1. The zero-order valence-corrected chi connectivity index (χ0v) is 14.4. The first-order valence-corrected chi connectivity index (χ1v) is 7.53. The second-order valence-electron chi connectivity index (χ2n) is 4.71. The van der Waals surface area contributed by atoms with Crippen LogP contribution in [0.1, 0.15) is 10.4 Å². The Kier molecular flexibility index (Phi) is 5.73. The third-order valence-corrected chi connectivity index (χ3v) is 3.51. The minimum Gasteiger partial charge on any atom is -0.506 e. The highest BCUT2D eigenvalue weighted by atomic mass is 35.5. The molecule has 0 aliphatic heterocycles. The Morgan fingerprint density at radius 3 is 2.68 bits per heavy atom. The van der Waals surface area contributed by atoms with Crippen LogP contribution in [0, 0.1) is 10.1 Å². The summed E-state index contributed by atoms with van der Waals surface area (Å²) in [7, 11) is 1.40. The Labute approximate surface area is 152 Å². The highest BCUT2D eigenvalue weighted by Gasteiger charge is 2.16. The lowest BCUT2D eigenvalue weighted by atomic mass is 10.2. The summed E-state index contributed by atoms with van der Waals surface area (Å²) in [4.78, 5) is 22.5. The number of halogens is 1. The van der Waals surface area contributed by atoms with E-state index in [1.165, 1.54) is 19.2 Å². The van der Waals surface area contributed by atoms with Crippen LogP contribution in [0.2, 0.25) is 5.02 Å². The Hall–Kier alpha value is -2.91. The SMILES string of the molecule is COc1ccc(Cl)cc1C(=O)NC(=S)Nc1cc([N+](=O)[O-])ccc1O. The number of nitro benzene ring substituents is 1. The molecule has 0 saturated heterocycles. The lowest BCUT2D eigenvalue weighted by Crippen LogP contribution is -2.34. The molecule has 0 unspecified atom stereocenters. The second-order valence-corrected chi connectivity index (χ2v) is 5.56. The molecule has 130 valence electrons. The van der Waals surface area contributed by atoms with Gasteiger partial charge in [0, 0.05) is 17.2 Å². The standard InChI is InChI=1S/C15H12ClN3O5S/c1-24-13-5-2-8(16)6-10(13)14(21)18-15(25)17-11-7-9(19(22)23)3-4-12(11)20/h2-7,20H,1H3,(H2,17,18,21,25). The van der Waals surface area contributed by atoms with E-state index in [9.17, 15) is 20.0 Å². The van der Waals surface area contributed by atoms with E-state index in [1.807, 2.05) is 0 Å². The number of thiocarbonyl (C=S) groups is 1. The molecule has 2 aromatic rings. The van der Waals surface area contributed by atoms with Crippen LogP contribution in [0.5, 0.6) is 11.5 Å². The van der Waals surface area contributed by atoms with Gasteiger partial charge in [0.05, 0.1) is 23.3 Å². The average Bonchev–Trinajstić information content (AvgIpc) is 2.56. The van der Waals surface area contributed by atoms with Crippen LogP contribution in [-0.2, 0) is 0 Å². The molecule has 0 spiro atoms. The first-order valence-electron chi connectivity index (χ1n) is 6.75. The van der Waals surface area contributed by atoms with E-state index in [4.69, 9.17) is 28.6 Å². The van der Waals surface area contributed by atoms with Crippen molar-refractivity contribution in [3.05, 3.63) is 57.1 Å². The number of aromatic hydroxyl groups is 1. The summed E-state index contributed by atoms with van der Waals surface area (Å²) in [5.74, 6) is -0.563.